The Hall–Kier alpha value is -3.46. The monoisotopic (exact) mass is 405 g/mol. The summed E-state index contributed by atoms with van der Waals surface area (Å²) in [4.78, 5) is 11.7. The number of aliphatic imine (C=N–C) groups is 1. The molecule has 4 aromatic rings. The molecule has 3 aromatic carbocycles. The molecule has 1 unspecified atom stereocenters. The number of hydrogen-bond donors (Lipinski definition) is 0. The average Bonchev–Trinajstić information content (AvgIpc) is 3.22. The summed E-state index contributed by atoms with van der Waals surface area (Å²) < 4.78 is 0. The Balaban J connectivity index is 1.27. The fraction of sp³-hybridized carbons (Fsp3) is 0.214. The predicted molar refractivity (Wildman–Crippen MR) is 129 cm³/mol. The quantitative estimate of drug-likeness (QED) is 0.418. The lowest BCUT2D eigenvalue weighted by Gasteiger charge is -2.24. The van der Waals surface area contributed by atoms with Crippen molar-refractivity contribution in [1.82, 2.24) is 9.88 Å². The smallest absolute Gasteiger partial charge is 0.0857 e. The number of hydrogen-bond acceptors (Lipinski definition) is 3. The third-order valence-corrected chi connectivity index (χ3v) is 6.12. The molecule has 0 N–H and O–H groups in total. The van der Waals surface area contributed by atoms with Crippen LogP contribution in [0.3, 0.4) is 0 Å². The van der Waals surface area contributed by atoms with Crippen molar-refractivity contribution >= 4 is 17.1 Å². The Bertz CT molecular complexity index is 1210. The van der Waals surface area contributed by atoms with Crippen molar-refractivity contribution < 1.29 is 0 Å². The summed E-state index contributed by atoms with van der Waals surface area (Å²) in [5, 5.41) is 2.58. The fourth-order valence-electron chi connectivity index (χ4n) is 4.39. The Morgan fingerprint density at radius 2 is 1.65 bits per heavy atom. The minimum atomic E-state index is 0.382. The normalized spacial score (nSPS) is 15.6. The number of aromatic nitrogens is 1. The molecular weight excluding hydrogens is 378 g/mol. The Morgan fingerprint density at radius 3 is 2.48 bits per heavy atom. The zero-order valence-corrected chi connectivity index (χ0v) is 17.9. The number of nitrogens with zero attached hydrogens (tertiary/aromatic N) is 3. The summed E-state index contributed by atoms with van der Waals surface area (Å²) in [6.45, 7) is 3.91. The van der Waals surface area contributed by atoms with Crippen LogP contribution in [0, 0.1) is 6.92 Å². The van der Waals surface area contributed by atoms with Gasteiger partial charge in [-0.1, -0.05) is 72.8 Å². The summed E-state index contributed by atoms with van der Waals surface area (Å²) in [6, 6.07) is 28.5. The molecule has 31 heavy (non-hydrogen) atoms. The van der Waals surface area contributed by atoms with Crippen LogP contribution in [-0.4, -0.2) is 28.8 Å². The third kappa shape index (κ3) is 4.51. The van der Waals surface area contributed by atoms with Crippen LogP contribution in [0.1, 0.15) is 27.9 Å². The van der Waals surface area contributed by atoms with E-state index in [9.17, 15) is 0 Å². The first-order valence-corrected chi connectivity index (χ1v) is 11.0. The van der Waals surface area contributed by atoms with Gasteiger partial charge >= 0.3 is 0 Å². The molecule has 0 saturated heterocycles. The molecule has 2 heterocycles. The van der Waals surface area contributed by atoms with E-state index in [-0.39, 0.29) is 0 Å². The van der Waals surface area contributed by atoms with Gasteiger partial charge in [-0.2, -0.15) is 0 Å². The first-order chi connectivity index (χ1) is 15.2. The lowest BCUT2D eigenvalue weighted by Crippen LogP contribution is -2.33. The van der Waals surface area contributed by atoms with Crippen molar-refractivity contribution in [1.29, 1.82) is 0 Å². The van der Waals surface area contributed by atoms with E-state index in [1.807, 2.05) is 6.34 Å². The fourth-order valence-corrected chi connectivity index (χ4v) is 4.39. The SMILES string of the molecule is Cc1cc(CC2CN=CN2Cc2ccc3ccccc3c2)cnc1Cc1ccccc1. The van der Waals surface area contributed by atoms with Crippen molar-refractivity contribution in [2.75, 3.05) is 6.54 Å². The Kier molecular flexibility index (Phi) is 5.49. The maximum atomic E-state index is 4.80. The van der Waals surface area contributed by atoms with Crippen LogP contribution < -0.4 is 0 Å². The summed E-state index contributed by atoms with van der Waals surface area (Å²) in [5.41, 5.74) is 6.33. The summed E-state index contributed by atoms with van der Waals surface area (Å²) >= 11 is 0. The molecule has 5 rings (SSSR count). The van der Waals surface area contributed by atoms with Gasteiger partial charge in [0.15, 0.2) is 0 Å². The number of rotatable bonds is 6. The largest absolute Gasteiger partial charge is 0.353 e. The molecule has 0 bridgehead atoms. The van der Waals surface area contributed by atoms with Gasteiger partial charge in [0.25, 0.3) is 0 Å². The Morgan fingerprint density at radius 1 is 0.839 bits per heavy atom. The maximum Gasteiger partial charge on any atom is 0.0857 e. The summed E-state index contributed by atoms with van der Waals surface area (Å²) in [6.07, 6.45) is 5.92. The van der Waals surface area contributed by atoms with E-state index < -0.39 is 0 Å². The third-order valence-electron chi connectivity index (χ3n) is 6.12. The molecule has 1 aliphatic heterocycles. The van der Waals surface area contributed by atoms with Gasteiger partial charge in [0.05, 0.1) is 18.9 Å². The van der Waals surface area contributed by atoms with Crippen LogP contribution >= 0.6 is 0 Å². The topological polar surface area (TPSA) is 28.5 Å². The molecule has 0 spiro atoms. The van der Waals surface area contributed by atoms with Gasteiger partial charge in [-0.15, -0.1) is 0 Å². The van der Waals surface area contributed by atoms with E-state index in [1.165, 1.54) is 33.0 Å². The molecule has 3 heteroatoms. The zero-order valence-electron chi connectivity index (χ0n) is 17.9. The molecule has 1 atom stereocenters. The molecule has 0 fully saturated rings. The van der Waals surface area contributed by atoms with Crippen molar-refractivity contribution in [2.45, 2.75) is 32.4 Å². The van der Waals surface area contributed by atoms with Crippen LogP contribution in [0.5, 0.6) is 0 Å². The first-order valence-electron chi connectivity index (χ1n) is 11.0. The van der Waals surface area contributed by atoms with Gasteiger partial charge in [-0.05, 0) is 52.4 Å². The lowest BCUT2D eigenvalue weighted by atomic mass is 10.0. The van der Waals surface area contributed by atoms with Crippen molar-refractivity contribution in [3.8, 4) is 0 Å². The second-order valence-electron chi connectivity index (χ2n) is 8.46. The molecule has 0 saturated carbocycles. The Labute approximate surface area is 184 Å². The number of aryl methyl sites for hydroxylation is 1. The van der Waals surface area contributed by atoms with Crippen molar-refractivity contribution in [3.63, 3.8) is 0 Å². The highest BCUT2D eigenvalue weighted by Crippen LogP contribution is 2.21. The van der Waals surface area contributed by atoms with Crippen LogP contribution in [0.2, 0.25) is 0 Å². The van der Waals surface area contributed by atoms with E-state index >= 15 is 0 Å². The van der Waals surface area contributed by atoms with E-state index in [0.717, 1.165) is 31.6 Å². The van der Waals surface area contributed by atoms with Gasteiger partial charge in [0.2, 0.25) is 0 Å². The highest BCUT2D eigenvalue weighted by molar-refractivity contribution is 5.83. The number of pyridine rings is 1. The van der Waals surface area contributed by atoms with Gasteiger partial charge in [-0.3, -0.25) is 9.98 Å². The lowest BCUT2D eigenvalue weighted by molar-refractivity contribution is 0.341. The van der Waals surface area contributed by atoms with Gasteiger partial charge in [-0.25, -0.2) is 0 Å². The molecule has 0 radical (unpaired) electrons. The molecule has 0 aliphatic carbocycles. The molecular formula is C28H27N3. The van der Waals surface area contributed by atoms with Gasteiger partial charge in [0.1, 0.15) is 0 Å². The molecule has 3 nitrogen and oxygen atoms in total. The number of fused-ring (bicyclic) bond motifs is 1. The molecule has 1 aliphatic rings. The summed E-state index contributed by atoms with van der Waals surface area (Å²) in [5.74, 6) is 0. The second-order valence-corrected chi connectivity index (χ2v) is 8.46. The predicted octanol–water partition coefficient (Wildman–Crippen LogP) is 5.59. The second kappa shape index (κ2) is 8.73. The summed E-state index contributed by atoms with van der Waals surface area (Å²) in [7, 11) is 0. The minimum absolute atomic E-state index is 0.382. The van der Waals surface area contributed by atoms with Crippen LogP contribution in [-0.2, 0) is 19.4 Å². The standard InChI is InChI=1S/C28H27N3/c1-21-13-24(17-30-28(21)16-22-7-3-2-4-8-22)15-27-18-29-20-31(27)19-23-11-12-25-9-5-6-10-26(25)14-23/h2-14,17,20,27H,15-16,18-19H2,1H3. The van der Waals surface area contributed by atoms with Gasteiger partial charge in [0, 0.05) is 24.9 Å². The molecule has 1 aromatic heterocycles. The van der Waals surface area contributed by atoms with Crippen molar-refractivity contribution in [2.24, 2.45) is 4.99 Å². The van der Waals surface area contributed by atoms with Crippen molar-refractivity contribution in [3.05, 3.63) is 113 Å². The van der Waals surface area contributed by atoms with Crippen LogP contribution in [0.15, 0.2) is 90.1 Å². The van der Waals surface area contributed by atoms with Crippen LogP contribution in [0.25, 0.3) is 10.8 Å². The van der Waals surface area contributed by atoms with E-state index in [2.05, 4.69) is 102 Å². The van der Waals surface area contributed by atoms with E-state index in [4.69, 9.17) is 4.98 Å². The number of benzene rings is 3. The van der Waals surface area contributed by atoms with Crippen LogP contribution in [0.4, 0.5) is 0 Å². The minimum Gasteiger partial charge on any atom is -0.353 e. The molecule has 0 amide bonds. The van der Waals surface area contributed by atoms with E-state index in [0.29, 0.717) is 6.04 Å². The molecule has 154 valence electrons. The van der Waals surface area contributed by atoms with Gasteiger partial charge < -0.3 is 4.90 Å². The average molecular weight is 406 g/mol. The zero-order chi connectivity index (χ0) is 21.0. The first kappa shape index (κ1) is 19.5. The highest BCUT2D eigenvalue weighted by atomic mass is 15.2. The highest BCUT2D eigenvalue weighted by Gasteiger charge is 2.21. The van der Waals surface area contributed by atoms with E-state index in [1.54, 1.807) is 0 Å². The maximum absolute atomic E-state index is 4.80.